The lowest BCUT2D eigenvalue weighted by Gasteiger charge is -2.07. The van der Waals surface area contributed by atoms with E-state index < -0.39 is 0 Å². The van der Waals surface area contributed by atoms with Gasteiger partial charge < -0.3 is 14.8 Å². The normalized spacial score (nSPS) is 10.3. The Morgan fingerprint density at radius 1 is 1.35 bits per heavy atom. The first-order valence-corrected chi connectivity index (χ1v) is 5.25. The predicted octanol–water partition coefficient (Wildman–Crippen LogP) is 1.74. The van der Waals surface area contributed by atoms with Crippen LogP contribution in [0.4, 0.5) is 10.1 Å². The Morgan fingerprint density at radius 2 is 2.12 bits per heavy atom. The van der Waals surface area contributed by atoms with Gasteiger partial charge in [0.25, 0.3) is 0 Å². The van der Waals surface area contributed by atoms with E-state index >= 15 is 0 Å². The highest BCUT2D eigenvalue weighted by Crippen LogP contribution is 2.12. The number of amides is 1. The molecule has 0 fully saturated rings. The van der Waals surface area contributed by atoms with Crippen molar-refractivity contribution < 1.29 is 18.7 Å². The Morgan fingerprint density at radius 3 is 2.76 bits per heavy atom. The minimum atomic E-state index is -0.374. The van der Waals surface area contributed by atoms with Crippen molar-refractivity contribution in [2.75, 3.05) is 32.2 Å². The van der Waals surface area contributed by atoms with Crippen molar-refractivity contribution >= 4 is 11.6 Å². The predicted molar refractivity (Wildman–Crippen MR) is 62.5 cm³/mol. The Kier molecular flexibility index (Phi) is 5.59. The van der Waals surface area contributed by atoms with Crippen molar-refractivity contribution in [2.45, 2.75) is 6.92 Å². The largest absolute Gasteiger partial charge is 0.382 e. The maximum absolute atomic E-state index is 13.0. The van der Waals surface area contributed by atoms with Gasteiger partial charge in [0.05, 0.1) is 13.2 Å². The van der Waals surface area contributed by atoms with Gasteiger partial charge in [-0.05, 0) is 30.7 Å². The van der Waals surface area contributed by atoms with Gasteiger partial charge in [0.2, 0.25) is 5.91 Å². The van der Waals surface area contributed by atoms with E-state index in [2.05, 4.69) is 5.32 Å². The number of ether oxygens (including phenoxy) is 2. The lowest BCUT2D eigenvalue weighted by atomic mass is 10.2. The molecule has 0 radical (unpaired) electrons. The van der Waals surface area contributed by atoms with Crippen molar-refractivity contribution in [3.05, 3.63) is 29.6 Å². The summed E-state index contributed by atoms with van der Waals surface area (Å²) in [6.07, 6.45) is 0. The van der Waals surface area contributed by atoms with Crippen molar-refractivity contribution in [1.29, 1.82) is 0 Å². The molecule has 5 heteroatoms. The second-order valence-electron chi connectivity index (χ2n) is 3.61. The summed E-state index contributed by atoms with van der Waals surface area (Å²) >= 11 is 0. The summed E-state index contributed by atoms with van der Waals surface area (Å²) in [5.74, 6) is -0.688. The Balaban J connectivity index is 2.39. The fourth-order valence-corrected chi connectivity index (χ4v) is 1.31. The van der Waals surface area contributed by atoms with E-state index in [0.29, 0.717) is 18.9 Å². The summed E-state index contributed by atoms with van der Waals surface area (Å²) in [4.78, 5) is 11.4. The maximum atomic E-state index is 13.0. The lowest BCUT2D eigenvalue weighted by molar-refractivity contribution is -0.121. The number of aryl methyl sites for hydroxylation is 1. The smallest absolute Gasteiger partial charge is 0.250 e. The first-order chi connectivity index (χ1) is 8.11. The molecule has 17 heavy (non-hydrogen) atoms. The molecule has 1 amide bonds. The van der Waals surface area contributed by atoms with Gasteiger partial charge in [-0.25, -0.2) is 4.39 Å². The molecule has 0 bridgehead atoms. The lowest BCUT2D eigenvalue weighted by Crippen LogP contribution is -2.19. The molecule has 0 spiro atoms. The van der Waals surface area contributed by atoms with E-state index in [9.17, 15) is 9.18 Å². The van der Waals surface area contributed by atoms with Gasteiger partial charge >= 0.3 is 0 Å². The molecule has 0 aliphatic heterocycles. The van der Waals surface area contributed by atoms with Crippen LogP contribution in [-0.2, 0) is 14.3 Å². The minimum absolute atomic E-state index is 0.0705. The summed E-state index contributed by atoms with van der Waals surface area (Å²) in [5, 5.41) is 2.56. The van der Waals surface area contributed by atoms with Gasteiger partial charge in [0, 0.05) is 12.8 Å². The van der Waals surface area contributed by atoms with Crippen LogP contribution < -0.4 is 5.32 Å². The Labute approximate surface area is 99.7 Å². The Bertz CT molecular complexity index is 362. The summed E-state index contributed by atoms with van der Waals surface area (Å²) in [6, 6.07) is 4.35. The van der Waals surface area contributed by atoms with Crippen LogP contribution in [0.1, 0.15) is 5.56 Å². The number of hydrogen-bond acceptors (Lipinski definition) is 3. The summed E-state index contributed by atoms with van der Waals surface area (Å²) in [6.45, 7) is 2.48. The van der Waals surface area contributed by atoms with Gasteiger partial charge in [0.15, 0.2) is 0 Å². The highest BCUT2D eigenvalue weighted by Gasteiger charge is 2.04. The van der Waals surface area contributed by atoms with Gasteiger partial charge in [-0.3, -0.25) is 4.79 Å². The van der Waals surface area contributed by atoms with Crippen LogP contribution in [0.15, 0.2) is 18.2 Å². The average Bonchev–Trinajstić information content (AvgIpc) is 2.23. The summed E-state index contributed by atoms with van der Waals surface area (Å²) < 4.78 is 22.8. The number of anilines is 1. The molecular weight excluding hydrogens is 225 g/mol. The molecule has 0 saturated carbocycles. The first-order valence-electron chi connectivity index (χ1n) is 5.25. The third-order valence-electron chi connectivity index (χ3n) is 1.99. The van der Waals surface area contributed by atoms with E-state index in [-0.39, 0.29) is 18.3 Å². The zero-order chi connectivity index (χ0) is 12.7. The number of methoxy groups -OCH3 is 1. The SMILES string of the molecule is COCCOCC(=O)Nc1cc(C)cc(F)c1. The molecule has 4 nitrogen and oxygen atoms in total. The molecule has 0 aliphatic carbocycles. The zero-order valence-corrected chi connectivity index (χ0v) is 9.96. The zero-order valence-electron chi connectivity index (χ0n) is 9.96. The van der Waals surface area contributed by atoms with Crippen molar-refractivity contribution in [2.24, 2.45) is 0 Å². The van der Waals surface area contributed by atoms with Crippen LogP contribution in [0.2, 0.25) is 0 Å². The van der Waals surface area contributed by atoms with E-state index in [0.717, 1.165) is 5.56 Å². The van der Waals surface area contributed by atoms with Crippen LogP contribution in [0.5, 0.6) is 0 Å². The van der Waals surface area contributed by atoms with Crippen molar-refractivity contribution in [1.82, 2.24) is 0 Å². The fraction of sp³-hybridized carbons (Fsp3) is 0.417. The molecular formula is C12H16FNO3. The molecule has 1 N–H and O–H groups in total. The number of nitrogens with one attached hydrogen (secondary N) is 1. The average molecular weight is 241 g/mol. The maximum Gasteiger partial charge on any atom is 0.250 e. The molecule has 0 heterocycles. The standard InChI is InChI=1S/C12H16FNO3/c1-9-5-10(13)7-11(6-9)14-12(15)8-17-4-3-16-2/h5-7H,3-4,8H2,1-2H3,(H,14,15). The molecule has 0 atom stereocenters. The second kappa shape index (κ2) is 6.98. The summed E-state index contributed by atoms with van der Waals surface area (Å²) in [7, 11) is 1.55. The summed E-state index contributed by atoms with van der Waals surface area (Å²) in [5.41, 5.74) is 1.18. The van der Waals surface area contributed by atoms with Gasteiger partial charge in [-0.1, -0.05) is 0 Å². The molecule has 0 aliphatic rings. The van der Waals surface area contributed by atoms with Crippen molar-refractivity contribution in [3.63, 3.8) is 0 Å². The van der Waals surface area contributed by atoms with E-state index in [1.165, 1.54) is 12.1 Å². The third-order valence-corrected chi connectivity index (χ3v) is 1.99. The fourth-order valence-electron chi connectivity index (χ4n) is 1.31. The van der Waals surface area contributed by atoms with E-state index in [1.807, 2.05) is 0 Å². The highest BCUT2D eigenvalue weighted by atomic mass is 19.1. The van der Waals surface area contributed by atoms with Gasteiger partial charge in [-0.15, -0.1) is 0 Å². The van der Waals surface area contributed by atoms with Crippen LogP contribution in [0.3, 0.4) is 0 Å². The topological polar surface area (TPSA) is 47.6 Å². The minimum Gasteiger partial charge on any atom is -0.382 e. The number of rotatable bonds is 6. The van der Waals surface area contributed by atoms with Crippen LogP contribution in [0, 0.1) is 12.7 Å². The van der Waals surface area contributed by atoms with Crippen LogP contribution in [0.25, 0.3) is 0 Å². The first kappa shape index (κ1) is 13.6. The van der Waals surface area contributed by atoms with E-state index in [1.54, 1.807) is 20.1 Å². The molecule has 1 rings (SSSR count). The molecule has 0 saturated heterocycles. The number of carbonyl (C=O) groups is 1. The molecule has 0 aromatic heterocycles. The van der Waals surface area contributed by atoms with Crippen LogP contribution >= 0.6 is 0 Å². The number of carbonyl (C=O) groups excluding carboxylic acids is 1. The molecule has 0 unspecified atom stereocenters. The second-order valence-corrected chi connectivity index (χ2v) is 3.61. The number of benzene rings is 1. The number of hydrogen-bond donors (Lipinski definition) is 1. The monoisotopic (exact) mass is 241 g/mol. The molecule has 1 aromatic rings. The highest BCUT2D eigenvalue weighted by molar-refractivity contribution is 5.91. The molecule has 1 aromatic carbocycles. The third kappa shape index (κ3) is 5.42. The van der Waals surface area contributed by atoms with Crippen molar-refractivity contribution in [3.8, 4) is 0 Å². The van der Waals surface area contributed by atoms with Crippen LogP contribution in [-0.4, -0.2) is 32.8 Å². The Hall–Kier alpha value is -1.46. The molecule has 94 valence electrons. The quantitative estimate of drug-likeness (QED) is 0.772. The van der Waals surface area contributed by atoms with Gasteiger partial charge in [-0.2, -0.15) is 0 Å². The van der Waals surface area contributed by atoms with E-state index in [4.69, 9.17) is 9.47 Å². The number of halogens is 1. The van der Waals surface area contributed by atoms with Gasteiger partial charge in [0.1, 0.15) is 12.4 Å².